The Morgan fingerprint density at radius 3 is 2.26 bits per heavy atom. The van der Waals surface area contributed by atoms with Gasteiger partial charge >= 0.3 is 0 Å². The van der Waals surface area contributed by atoms with Crippen LogP contribution in [0.2, 0.25) is 0 Å². The van der Waals surface area contributed by atoms with Crippen molar-refractivity contribution in [2.45, 2.75) is 122 Å². The summed E-state index contributed by atoms with van der Waals surface area (Å²) in [6, 6.07) is 0. The van der Waals surface area contributed by atoms with E-state index in [1.165, 1.54) is 6.42 Å². The molecule has 0 aliphatic heterocycles. The standard InChI is InChI=1S/C30H51NO6S/c1-5-20-24-16-19(32)10-12-29(24,4)23-11-13-28(3)21(7-8-22(28)26(23)27(20)34)18(2)6-9-25(33)31-30(14-15-30)17-38(35,36)37/h18-24,26-27,32,34H,5-17H2,1-4H3,(H,31,33)(H,35,36,37)/t18-,19-,20-,21-,22+,23+,24+,26+,27-,28-,29-/m1/s1. The summed E-state index contributed by atoms with van der Waals surface area (Å²) in [4.78, 5) is 12.7. The zero-order valence-corrected chi connectivity index (χ0v) is 24.7. The van der Waals surface area contributed by atoms with Gasteiger partial charge in [-0.2, -0.15) is 8.42 Å². The molecule has 0 aromatic rings. The summed E-state index contributed by atoms with van der Waals surface area (Å²) in [5, 5.41) is 25.3. The van der Waals surface area contributed by atoms with E-state index in [0.29, 0.717) is 54.8 Å². The highest BCUT2D eigenvalue weighted by atomic mass is 32.2. The molecular weight excluding hydrogens is 502 g/mol. The van der Waals surface area contributed by atoms with Crippen molar-refractivity contribution >= 4 is 16.0 Å². The fourth-order valence-corrected chi connectivity index (χ4v) is 11.7. The van der Waals surface area contributed by atoms with Gasteiger partial charge in [0.15, 0.2) is 0 Å². The summed E-state index contributed by atoms with van der Waals surface area (Å²) < 4.78 is 31.9. The number of nitrogens with one attached hydrogen (secondary N) is 1. The first-order valence-corrected chi connectivity index (χ1v) is 17.0. The monoisotopic (exact) mass is 553 g/mol. The van der Waals surface area contributed by atoms with Gasteiger partial charge in [-0.1, -0.05) is 34.1 Å². The summed E-state index contributed by atoms with van der Waals surface area (Å²) in [5.74, 6) is 2.39. The second kappa shape index (κ2) is 9.99. The first-order valence-electron chi connectivity index (χ1n) is 15.4. The van der Waals surface area contributed by atoms with E-state index in [0.717, 1.165) is 51.4 Å². The van der Waals surface area contributed by atoms with Crippen molar-refractivity contribution in [1.82, 2.24) is 5.32 Å². The van der Waals surface area contributed by atoms with Gasteiger partial charge in [0.2, 0.25) is 5.91 Å². The lowest BCUT2D eigenvalue weighted by molar-refractivity contribution is -0.203. The number of fused-ring (bicyclic) bond motifs is 5. The lowest BCUT2D eigenvalue weighted by Gasteiger charge is -2.64. The number of amides is 1. The summed E-state index contributed by atoms with van der Waals surface area (Å²) in [5.41, 5.74) is -0.406. The molecule has 38 heavy (non-hydrogen) atoms. The zero-order valence-electron chi connectivity index (χ0n) is 23.9. The number of hydrogen-bond acceptors (Lipinski definition) is 5. The van der Waals surface area contributed by atoms with E-state index < -0.39 is 21.4 Å². The minimum atomic E-state index is -4.11. The summed E-state index contributed by atoms with van der Waals surface area (Å²) in [6.45, 7) is 9.42. The molecule has 0 heterocycles. The first-order chi connectivity index (χ1) is 17.7. The number of carbonyl (C=O) groups is 1. The topological polar surface area (TPSA) is 124 Å². The van der Waals surface area contributed by atoms with Crippen LogP contribution in [0.25, 0.3) is 0 Å². The van der Waals surface area contributed by atoms with Crippen LogP contribution in [-0.4, -0.2) is 52.6 Å². The zero-order chi connectivity index (χ0) is 27.7. The van der Waals surface area contributed by atoms with Gasteiger partial charge in [0, 0.05) is 6.42 Å². The van der Waals surface area contributed by atoms with Crippen LogP contribution in [0.3, 0.4) is 0 Å². The normalized spacial score (nSPS) is 46.4. The Bertz CT molecular complexity index is 1010. The lowest BCUT2D eigenvalue weighted by atomic mass is 9.41. The highest BCUT2D eigenvalue weighted by Crippen LogP contribution is 2.69. The molecule has 11 atom stereocenters. The Kier molecular flexibility index (Phi) is 7.57. The maximum atomic E-state index is 12.7. The molecule has 5 aliphatic carbocycles. The highest BCUT2D eigenvalue weighted by Gasteiger charge is 2.64. The first kappa shape index (κ1) is 28.8. The van der Waals surface area contributed by atoms with Gasteiger partial charge in [-0.3, -0.25) is 9.35 Å². The lowest BCUT2D eigenvalue weighted by Crippen LogP contribution is -2.62. The van der Waals surface area contributed by atoms with Crippen molar-refractivity contribution in [1.29, 1.82) is 0 Å². The van der Waals surface area contributed by atoms with Gasteiger partial charge in [0.1, 0.15) is 0 Å². The minimum absolute atomic E-state index is 0.117. The van der Waals surface area contributed by atoms with Gasteiger partial charge in [0.25, 0.3) is 10.1 Å². The van der Waals surface area contributed by atoms with E-state index in [1.807, 2.05) is 0 Å². The predicted molar refractivity (Wildman–Crippen MR) is 147 cm³/mol. The molecule has 7 nitrogen and oxygen atoms in total. The third kappa shape index (κ3) is 4.98. The van der Waals surface area contributed by atoms with Crippen LogP contribution in [0, 0.1) is 52.3 Å². The molecule has 5 aliphatic rings. The van der Waals surface area contributed by atoms with Crippen molar-refractivity contribution < 1.29 is 28.0 Å². The molecule has 5 rings (SSSR count). The average Bonchev–Trinajstić information content (AvgIpc) is 3.46. The van der Waals surface area contributed by atoms with E-state index >= 15 is 0 Å². The molecule has 8 heteroatoms. The molecule has 0 spiro atoms. The molecule has 0 aromatic heterocycles. The molecule has 0 radical (unpaired) electrons. The second-order valence-electron chi connectivity index (χ2n) is 14.7. The van der Waals surface area contributed by atoms with Crippen molar-refractivity contribution in [3.8, 4) is 0 Å². The summed E-state index contributed by atoms with van der Waals surface area (Å²) >= 11 is 0. The van der Waals surface area contributed by atoms with Crippen LogP contribution in [0.5, 0.6) is 0 Å². The molecule has 5 saturated carbocycles. The molecule has 0 unspecified atom stereocenters. The minimum Gasteiger partial charge on any atom is -0.393 e. The van der Waals surface area contributed by atoms with Crippen molar-refractivity contribution in [3.63, 3.8) is 0 Å². The smallest absolute Gasteiger partial charge is 0.267 e. The predicted octanol–water partition coefficient (Wildman–Crippen LogP) is 4.57. The summed E-state index contributed by atoms with van der Waals surface area (Å²) in [6.07, 6.45) is 10.2. The van der Waals surface area contributed by atoms with Crippen LogP contribution in [-0.2, 0) is 14.9 Å². The molecule has 1 amide bonds. The molecule has 0 saturated heterocycles. The van der Waals surface area contributed by atoms with Gasteiger partial charge < -0.3 is 15.5 Å². The largest absolute Gasteiger partial charge is 0.393 e. The highest BCUT2D eigenvalue weighted by molar-refractivity contribution is 7.85. The number of rotatable bonds is 8. The maximum absolute atomic E-state index is 12.7. The fraction of sp³-hybridized carbons (Fsp3) is 0.967. The Morgan fingerprint density at radius 1 is 0.974 bits per heavy atom. The van der Waals surface area contributed by atoms with E-state index in [-0.39, 0.29) is 34.9 Å². The number of aliphatic hydroxyl groups excluding tert-OH is 2. The molecule has 218 valence electrons. The van der Waals surface area contributed by atoms with Crippen LogP contribution in [0.1, 0.15) is 105 Å². The Labute approximate surface area is 229 Å². The van der Waals surface area contributed by atoms with Crippen LogP contribution >= 0.6 is 0 Å². The Balaban J connectivity index is 1.26. The number of carbonyl (C=O) groups excluding carboxylic acids is 1. The SMILES string of the molecule is CC[C@H]1[C@@H](O)[C@@H]2[C@H](CC[C@]3(C)[C@@H]([C@H](C)CCC(=O)NC4(CS(=O)(=O)O)CC4)CC[C@@H]23)[C@@]2(C)CC[C@@H](O)C[C@@H]12. The quantitative estimate of drug-likeness (QED) is 0.327. The van der Waals surface area contributed by atoms with Gasteiger partial charge in [-0.25, -0.2) is 0 Å². The van der Waals surface area contributed by atoms with Gasteiger partial charge in [-0.05, 0) is 116 Å². The van der Waals surface area contributed by atoms with Gasteiger partial charge in [-0.15, -0.1) is 0 Å². The molecule has 0 aromatic carbocycles. The molecular formula is C30H51NO6S. The van der Waals surface area contributed by atoms with E-state index in [2.05, 4.69) is 33.0 Å². The van der Waals surface area contributed by atoms with Gasteiger partial charge in [0.05, 0.1) is 23.5 Å². The van der Waals surface area contributed by atoms with E-state index in [4.69, 9.17) is 0 Å². The van der Waals surface area contributed by atoms with Crippen molar-refractivity contribution in [3.05, 3.63) is 0 Å². The Hall–Kier alpha value is -0.700. The maximum Gasteiger partial charge on any atom is 0.267 e. The number of hydrogen-bond donors (Lipinski definition) is 4. The Morgan fingerprint density at radius 2 is 1.63 bits per heavy atom. The summed E-state index contributed by atoms with van der Waals surface area (Å²) in [7, 11) is -4.11. The van der Waals surface area contributed by atoms with Crippen LogP contribution in [0.15, 0.2) is 0 Å². The molecule has 0 bridgehead atoms. The van der Waals surface area contributed by atoms with Crippen LogP contribution in [0.4, 0.5) is 0 Å². The molecule has 5 fully saturated rings. The van der Waals surface area contributed by atoms with Crippen LogP contribution < -0.4 is 5.32 Å². The van der Waals surface area contributed by atoms with E-state index in [9.17, 15) is 28.0 Å². The third-order valence-electron chi connectivity index (χ3n) is 12.7. The number of aliphatic hydroxyl groups is 2. The molecule has 4 N–H and O–H groups in total. The fourth-order valence-electron chi connectivity index (χ4n) is 10.7. The van der Waals surface area contributed by atoms with Crippen molar-refractivity contribution in [2.24, 2.45) is 52.3 Å². The van der Waals surface area contributed by atoms with E-state index in [1.54, 1.807) is 0 Å². The average molecular weight is 554 g/mol. The second-order valence-corrected chi connectivity index (χ2v) is 16.1. The van der Waals surface area contributed by atoms with Crippen molar-refractivity contribution in [2.75, 3.05) is 5.75 Å². The third-order valence-corrected chi connectivity index (χ3v) is 13.6.